The van der Waals surface area contributed by atoms with Crippen molar-refractivity contribution in [2.75, 3.05) is 33.3 Å². The van der Waals surface area contributed by atoms with Crippen molar-refractivity contribution in [2.45, 2.75) is 76.7 Å². The summed E-state index contributed by atoms with van der Waals surface area (Å²) in [7, 11) is 1.84. The molecule has 0 bridgehead atoms. The zero-order chi connectivity index (χ0) is 15.5. The number of hydrogen-bond acceptors (Lipinski definition) is 4. The lowest BCUT2D eigenvalue weighted by atomic mass is 9.94. The number of methoxy groups -OCH3 is 1. The van der Waals surface area contributed by atoms with Gasteiger partial charge in [-0.3, -0.25) is 4.90 Å². The van der Waals surface area contributed by atoms with Crippen molar-refractivity contribution < 1.29 is 9.47 Å². The van der Waals surface area contributed by atoms with Crippen LogP contribution in [0, 0.1) is 0 Å². The highest BCUT2D eigenvalue weighted by molar-refractivity contribution is 4.87. The lowest BCUT2D eigenvalue weighted by molar-refractivity contribution is -0.0639. The second-order valence-electron chi connectivity index (χ2n) is 8.08. The normalized spacial score (nSPS) is 35.3. The number of piperidine rings is 1. The van der Waals surface area contributed by atoms with E-state index < -0.39 is 0 Å². The molecule has 124 valence electrons. The summed E-state index contributed by atoms with van der Waals surface area (Å²) in [5.41, 5.74) is 0.207. The van der Waals surface area contributed by atoms with Crippen LogP contribution < -0.4 is 5.32 Å². The topological polar surface area (TPSA) is 33.7 Å². The first-order valence-electron chi connectivity index (χ1n) is 8.48. The van der Waals surface area contributed by atoms with Crippen molar-refractivity contribution in [2.24, 2.45) is 0 Å². The van der Waals surface area contributed by atoms with Gasteiger partial charge in [-0.15, -0.1) is 0 Å². The van der Waals surface area contributed by atoms with Gasteiger partial charge in [-0.25, -0.2) is 0 Å². The van der Waals surface area contributed by atoms with Crippen molar-refractivity contribution in [3.63, 3.8) is 0 Å². The van der Waals surface area contributed by atoms with Crippen molar-refractivity contribution in [1.82, 2.24) is 10.2 Å². The van der Waals surface area contributed by atoms with Gasteiger partial charge >= 0.3 is 0 Å². The number of nitrogens with one attached hydrogen (secondary N) is 1. The molecule has 0 aromatic carbocycles. The van der Waals surface area contributed by atoms with E-state index in [4.69, 9.17) is 9.47 Å². The molecule has 4 nitrogen and oxygen atoms in total. The Morgan fingerprint density at radius 2 is 2.00 bits per heavy atom. The second kappa shape index (κ2) is 6.95. The van der Waals surface area contributed by atoms with Crippen LogP contribution in [0.4, 0.5) is 0 Å². The van der Waals surface area contributed by atoms with E-state index in [9.17, 15) is 0 Å². The summed E-state index contributed by atoms with van der Waals surface area (Å²) in [5.74, 6) is 0. The molecule has 2 aliphatic rings. The molecule has 0 aromatic rings. The third-order valence-electron chi connectivity index (χ3n) is 4.75. The molecular weight excluding hydrogens is 264 g/mol. The van der Waals surface area contributed by atoms with Gasteiger partial charge in [0.15, 0.2) is 0 Å². The van der Waals surface area contributed by atoms with Crippen LogP contribution in [0.1, 0.15) is 53.4 Å². The molecular formula is C17H34N2O2. The second-order valence-corrected chi connectivity index (χ2v) is 8.08. The van der Waals surface area contributed by atoms with Gasteiger partial charge in [0, 0.05) is 32.3 Å². The minimum atomic E-state index is 0.0318. The highest BCUT2D eigenvalue weighted by Crippen LogP contribution is 2.26. The summed E-state index contributed by atoms with van der Waals surface area (Å²) in [6, 6.07) is 0. The van der Waals surface area contributed by atoms with E-state index in [1.807, 2.05) is 7.11 Å². The summed E-state index contributed by atoms with van der Waals surface area (Å²) < 4.78 is 11.9. The van der Waals surface area contributed by atoms with Crippen LogP contribution in [0.3, 0.4) is 0 Å². The Morgan fingerprint density at radius 3 is 2.67 bits per heavy atom. The van der Waals surface area contributed by atoms with Crippen LogP contribution in [0.15, 0.2) is 0 Å². The molecule has 1 N–H and O–H groups in total. The summed E-state index contributed by atoms with van der Waals surface area (Å²) in [6.45, 7) is 13.1. The van der Waals surface area contributed by atoms with Crippen LogP contribution in [-0.2, 0) is 9.47 Å². The molecule has 2 aliphatic heterocycles. The lowest BCUT2D eigenvalue weighted by Crippen LogP contribution is -2.49. The van der Waals surface area contributed by atoms with E-state index >= 15 is 0 Å². The third kappa shape index (κ3) is 5.51. The average molecular weight is 298 g/mol. The van der Waals surface area contributed by atoms with E-state index in [0.717, 1.165) is 19.6 Å². The minimum Gasteiger partial charge on any atom is -0.377 e. The molecule has 0 saturated carbocycles. The van der Waals surface area contributed by atoms with E-state index in [-0.39, 0.29) is 11.1 Å². The monoisotopic (exact) mass is 298 g/mol. The van der Waals surface area contributed by atoms with Gasteiger partial charge in [0.2, 0.25) is 0 Å². The molecule has 2 rings (SSSR count). The zero-order valence-electron chi connectivity index (χ0n) is 14.6. The first-order valence-corrected chi connectivity index (χ1v) is 8.48. The smallest absolute Gasteiger partial charge is 0.0777 e. The van der Waals surface area contributed by atoms with Crippen molar-refractivity contribution in [1.29, 1.82) is 0 Å². The molecule has 2 saturated heterocycles. The van der Waals surface area contributed by atoms with Gasteiger partial charge in [-0.05, 0) is 59.9 Å². The largest absolute Gasteiger partial charge is 0.377 e. The van der Waals surface area contributed by atoms with E-state index in [1.54, 1.807) is 0 Å². The molecule has 0 aliphatic carbocycles. The molecule has 3 unspecified atom stereocenters. The predicted molar refractivity (Wildman–Crippen MR) is 86.7 cm³/mol. The number of likely N-dealkylation sites (tertiary alicyclic amines) is 1. The van der Waals surface area contributed by atoms with Gasteiger partial charge in [-0.2, -0.15) is 0 Å². The van der Waals surface area contributed by atoms with Gasteiger partial charge in [0.05, 0.1) is 17.8 Å². The van der Waals surface area contributed by atoms with Crippen molar-refractivity contribution in [3.8, 4) is 0 Å². The first-order chi connectivity index (χ1) is 9.80. The summed E-state index contributed by atoms with van der Waals surface area (Å²) in [6.07, 6.45) is 5.55. The van der Waals surface area contributed by atoms with Crippen LogP contribution >= 0.6 is 0 Å². The fourth-order valence-electron chi connectivity index (χ4n) is 3.40. The molecule has 21 heavy (non-hydrogen) atoms. The van der Waals surface area contributed by atoms with Crippen LogP contribution in [0.25, 0.3) is 0 Å². The molecule has 0 spiro atoms. The number of nitrogens with zero attached hydrogens (tertiary/aromatic N) is 1. The molecule has 2 heterocycles. The van der Waals surface area contributed by atoms with Gasteiger partial charge in [0.1, 0.15) is 0 Å². The maximum absolute atomic E-state index is 6.22. The van der Waals surface area contributed by atoms with Crippen LogP contribution in [0.5, 0.6) is 0 Å². The van der Waals surface area contributed by atoms with Gasteiger partial charge < -0.3 is 14.8 Å². The Morgan fingerprint density at radius 1 is 1.29 bits per heavy atom. The highest BCUT2D eigenvalue weighted by Gasteiger charge is 2.33. The van der Waals surface area contributed by atoms with Crippen LogP contribution in [-0.4, -0.2) is 61.5 Å². The Labute approximate surface area is 130 Å². The molecule has 0 radical (unpaired) electrons. The van der Waals surface area contributed by atoms with Crippen LogP contribution in [0.2, 0.25) is 0 Å². The molecule has 4 heteroatoms. The lowest BCUT2D eigenvalue weighted by Gasteiger charge is -2.40. The van der Waals surface area contributed by atoms with Crippen molar-refractivity contribution in [3.05, 3.63) is 0 Å². The zero-order valence-corrected chi connectivity index (χ0v) is 14.6. The fourth-order valence-corrected chi connectivity index (χ4v) is 3.40. The first kappa shape index (κ1) is 17.2. The number of ether oxygens (including phenoxy) is 2. The third-order valence-corrected chi connectivity index (χ3v) is 4.75. The van der Waals surface area contributed by atoms with Gasteiger partial charge in [0.25, 0.3) is 0 Å². The molecule has 0 amide bonds. The minimum absolute atomic E-state index is 0.0318. The molecule has 2 fully saturated rings. The standard InChI is InChI=1S/C17H34N2O2/c1-16(2,3)18-11-14-7-8-15(21-14)12-19-10-6-9-17(4,13-19)20-5/h14-15,18H,6-13H2,1-5H3. The maximum Gasteiger partial charge on any atom is 0.0777 e. The van der Waals surface area contributed by atoms with Crippen molar-refractivity contribution >= 4 is 0 Å². The fraction of sp³-hybridized carbons (Fsp3) is 1.00. The quantitative estimate of drug-likeness (QED) is 0.845. The van der Waals surface area contributed by atoms with Gasteiger partial charge in [-0.1, -0.05) is 0 Å². The summed E-state index contributed by atoms with van der Waals surface area (Å²) in [5, 5.41) is 3.55. The van der Waals surface area contributed by atoms with E-state index in [1.165, 1.54) is 32.2 Å². The SMILES string of the molecule is COC1(C)CCCN(CC2CCC(CNC(C)(C)C)O2)C1. The van der Waals surface area contributed by atoms with E-state index in [2.05, 4.69) is 37.9 Å². The summed E-state index contributed by atoms with van der Waals surface area (Å²) >= 11 is 0. The summed E-state index contributed by atoms with van der Waals surface area (Å²) in [4.78, 5) is 2.53. The Kier molecular flexibility index (Phi) is 5.69. The molecule has 0 aromatic heterocycles. The molecule has 3 atom stereocenters. The average Bonchev–Trinajstić information content (AvgIpc) is 2.83. The Balaban J connectivity index is 1.72. The van der Waals surface area contributed by atoms with E-state index in [0.29, 0.717) is 12.2 Å². The maximum atomic E-state index is 6.22. The number of hydrogen-bond donors (Lipinski definition) is 1. The predicted octanol–water partition coefficient (Wildman–Crippen LogP) is 2.42. The Bertz CT molecular complexity index is 329. The number of rotatable bonds is 5. The highest BCUT2D eigenvalue weighted by atomic mass is 16.5. The Hall–Kier alpha value is -0.160.